The Kier molecular flexibility index (Phi) is 6.09. The fourth-order valence-electron chi connectivity index (χ4n) is 2.74. The van der Waals surface area contributed by atoms with Crippen molar-refractivity contribution < 1.29 is 14.3 Å². The molecule has 0 unspecified atom stereocenters. The van der Waals surface area contributed by atoms with Crippen molar-refractivity contribution in [3.05, 3.63) is 71.9 Å². The van der Waals surface area contributed by atoms with Crippen LogP contribution in [0.15, 0.2) is 60.8 Å². The van der Waals surface area contributed by atoms with E-state index in [4.69, 9.17) is 4.74 Å². The second kappa shape index (κ2) is 8.88. The van der Waals surface area contributed by atoms with Gasteiger partial charge in [-0.15, -0.1) is 0 Å². The molecule has 2 aromatic carbocycles. The van der Waals surface area contributed by atoms with E-state index < -0.39 is 0 Å². The van der Waals surface area contributed by atoms with Crippen molar-refractivity contribution in [1.29, 1.82) is 0 Å². The van der Waals surface area contributed by atoms with Crippen molar-refractivity contribution in [3.8, 4) is 5.75 Å². The molecular weight excluding hydrogens is 368 g/mol. The summed E-state index contributed by atoms with van der Waals surface area (Å²) in [6, 6.07) is 16.2. The quantitative estimate of drug-likeness (QED) is 0.582. The highest BCUT2D eigenvalue weighted by Crippen LogP contribution is 2.28. The average molecular weight is 390 g/mol. The Bertz CT molecular complexity index is 1030. The Balaban J connectivity index is 1.69. The van der Waals surface area contributed by atoms with Gasteiger partial charge in [-0.25, -0.2) is 4.98 Å². The van der Waals surface area contributed by atoms with E-state index in [0.29, 0.717) is 28.5 Å². The molecule has 0 saturated carbocycles. The van der Waals surface area contributed by atoms with Crippen molar-refractivity contribution in [3.63, 3.8) is 0 Å². The lowest BCUT2D eigenvalue weighted by atomic mass is 10.2. The smallest absolute Gasteiger partial charge is 0.257 e. The highest BCUT2D eigenvalue weighted by molar-refractivity contribution is 6.04. The molecule has 0 fully saturated rings. The Morgan fingerprint density at radius 1 is 0.966 bits per heavy atom. The second-order valence-corrected chi connectivity index (χ2v) is 6.48. The minimum Gasteiger partial charge on any atom is -0.495 e. The van der Waals surface area contributed by atoms with Crippen LogP contribution >= 0.6 is 0 Å². The van der Waals surface area contributed by atoms with Gasteiger partial charge < -0.3 is 20.7 Å². The van der Waals surface area contributed by atoms with E-state index in [0.717, 1.165) is 11.3 Å². The summed E-state index contributed by atoms with van der Waals surface area (Å²) < 4.78 is 5.35. The lowest BCUT2D eigenvalue weighted by Crippen LogP contribution is -2.13. The molecular formula is C22H22N4O3. The lowest BCUT2D eigenvalue weighted by Gasteiger charge is -2.12. The fraction of sp³-hybridized carbons (Fsp3) is 0.136. The predicted molar refractivity (Wildman–Crippen MR) is 114 cm³/mol. The molecule has 29 heavy (non-hydrogen) atoms. The SMILES string of the molecule is COc1ccc(C)cc1Nc1ccc(C(=O)Nc2cccc(NC(C)=O)c2)cn1. The van der Waals surface area contributed by atoms with Crippen LogP contribution in [0, 0.1) is 6.92 Å². The molecule has 0 atom stereocenters. The van der Waals surface area contributed by atoms with Gasteiger partial charge in [0.05, 0.1) is 18.4 Å². The maximum absolute atomic E-state index is 12.5. The van der Waals surface area contributed by atoms with Gasteiger partial charge >= 0.3 is 0 Å². The number of nitrogens with one attached hydrogen (secondary N) is 3. The van der Waals surface area contributed by atoms with E-state index in [2.05, 4.69) is 20.9 Å². The van der Waals surface area contributed by atoms with Crippen LogP contribution in [0.4, 0.5) is 22.9 Å². The third-order valence-corrected chi connectivity index (χ3v) is 4.08. The van der Waals surface area contributed by atoms with Crippen LogP contribution in [0.2, 0.25) is 0 Å². The molecule has 0 aliphatic heterocycles. The molecule has 2 amide bonds. The van der Waals surface area contributed by atoms with Gasteiger partial charge in [0.2, 0.25) is 5.91 Å². The number of anilines is 4. The van der Waals surface area contributed by atoms with Gasteiger partial charge in [-0.2, -0.15) is 0 Å². The van der Waals surface area contributed by atoms with Crippen LogP contribution in [0.1, 0.15) is 22.8 Å². The van der Waals surface area contributed by atoms with Gasteiger partial charge in [0, 0.05) is 24.5 Å². The first-order valence-electron chi connectivity index (χ1n) is 9.01. The van der Waals surface area contributed by atoms with Crippen LogP contribution in [0.5, 0.6) is 5.75 Å². The van der Waals surface area contributed by atoms with Crippen LogP contribution in [-0.4, -0.2) is 23.9 Å². The molecule has 148 valence electrons. The number of rotatable bonds is 6. The van der Waals surface area contributed by atoms with Crippen molar-refractivity contribution in [2.45, 2.75) is 13.8 Å². The number of ether oxygens (including phenoxy) is 1. The molecule has 1 aromatic heterocycles. The van der Waals surface area contributed by atoms with E-state index in [9.17, 15) is 9.59 Å². The second-order valence-electron chi connectivity index (χ2n) is 6.48. The van der Waals surface area contributed by atoms with E-state index in [1.165, 1.54) is 13.1 Å². The number of methoxy groups -OCH3 is 1. The molecule has 0 bridgehead atoms. The summed E-state index contributed by atoms with van der Waals surface area (Å²) >= 11 is 0. The van der Waals surface area contributed by atoms with Gasteiger partial charge in [-0.1, -0.05) is 12.1 Å². The highest BCUT2D eigenvalue weighted by atomic mass is 16.5. The minimum absolute atomic E-state index is 0.175. The Morgan fingerprint density at radius 2 is 1.72 bits per heavy atom. The van der Waals surface area contributed by atoms with Gasteiger partial charge in [-0.3, -0.25) is 9.59 Å². The average Bonchev–Trinajstić information content (AvgIpc) is 2.68. The number of hydrogen-bond donors (Lipinski definition) is 3. The predicted octanol–water partition coefficient (Wildman–Crippen LogP) is 4.35. The molecule has 3 rings (SSSR count). The Morgan fingerprint density at radius 3 is 2.38 bits per heavy atom. The third kappa shape index (κ3) is 5.32. The Hall–Kier alpha value is -3.87. The normalized spacial score (nSPS) is 10.2. The van der Waals surface area contributed by atoms with Crippen LogP contribution in [0.25, 0.3) is 0 Å². The number of pyridine rings is 1. The molecule has 7 heteroatoms. The minimum atomic E-state index is -0.294. The first-order valence-corrected chi connectivity index (χ1v) is 9.01. The van der Waals surface area contributed by atoms with Crippen LogP contribution < -0.4 is 20.7 Å². The lowest BCUT2D eigenvalue weighted by molar-refractivity contribution is -0.114. The number of nitrogens with zero attached hydrogens (tertiary/aromatic N) is 1. The van der Waals surface area contributed by atoms with Crippen molar-refractivity contribution in [2.75, 3.05) is 23.1 Å². The number of hydrogen-bond acceptors (Lipinski definition) is 5. The molecule has 3 aromatic rings. The summed E-state index contributed by atoms with van der Waals surface area (Å²) in [4.78, 5) is 28.0. The van der Waals surface area contributed by atoms with Gasteiger partial charge in [0.25, 0.3) is 5.91 Å². The largest absolute Gasteiger partial charge is 0.495 e. The van der Waals surface area contributed by atoms with E-state index in [1.807, 2.05) is 25.1 Å². The number of amides is 2. The van der Waals surface area contributed by atoms with E-state index in [-0.39, 0.29) is 11.8 Å². The van der Waals surface area contributed by atoms with Gasteiger partial charge in [0.15, 0.2) is 0 Å². The molecule has 1 heterocycles. The maximum atomic E-state index is 12.5. The van der Waals surface area contributed by atoms with Crippen LogP contribution in [-0.2, 0) is 4.79 Å². The zero-order valence-electron chi connectivity index (χ0n) is 16.4. The van der Waals surface area contributed by atoms with E-state index in [1.54, 1.807) is 43.5 Å². The molecule has 0 saturated heterocycles. The fourth-order valence-corrected chi connectivity index (χ4v) is 2.74. The first kappa shape index (κ1) is 19.9. The molecule has 3 N–H and O–H groups in total. The topological polar surface area (TPSA) is 92.4 Å². The summed E-state index contributed by atoms with van der Waals surface area (Å²) in [5.74, 6) is 0.833. The molecule has 0 spiro atoms. The van der Waals surface area contributed by atoms with Gasteiger partial charge in [-0.05, 0) is 55.0 Å². The molecule has 0 aliphatic rings. The summed E-state index contributed by atoms with van der Waals surface area (Å²) in [5.41, 5.74) is 3.49. The van der Waals surface area contributed by atoms with Crippen molar-refractivity contribution >= 4 is 34.7 Å². The van der Waals surface area contributed by atoms with E-state index >= 15 is 0 Å². The van der Waals surface area contributed by atoms with Gasteiger partial charge in [0.1, 0.15) is 11.6 Å². The third-order valence-electron chi connectivity index (χ3n) is 4.08. The number of carbonyl (C=O) groups is 2. The zero-order chi connectivity index (χ0) is 20.8. The van der Waals surface area contributed by atoms with Crippen molar-refractivity contribution in [1.82, 2.24) is 4.98 Å². The Labute approximate surface area is 169 Å². The summed E-state index contributed by atoms with van der Waals surface area (Å²) in [5, 5.41) is 8.67. The maximum Gasteiger partial charge on any atom is 0.257 e. The zero-order valence-corrected chi connectivity index (χ0v) is 16.4. The highest BCUT2D eigenvalue weighted by Gasteiger charge is 2.09. The first-order chi connectivity index (χ1) is 13.9. The standard InChI is InChI=1S/C22H22N4O3/c1-14-7-9-20(29-3)19(11-14)26-21-10-8-16(13-23-21)22(28)25-18-6-4-5-17(12-18)24-15(2)27/h4-13H,1-3H3,(H,23,26)(H,24,27)(H,25,28). The number of benzene rings is 2. The molecule has 7 nitrogen and oxygen atoms in total. The monoisotopic (exact) mass is 390 g/mol. The summed E-state index contributed by atoms with van der Waals surface area (Å²) in [6.45, 7) is 3.42. The summed E-state index contributed by atoms with van der Waals surface area (Å²) in [7, 11) is 1.61. The molecule has 0 aliphatic carbocycles. The van der Waals surface area contributed by atoms with Crippen molar-refractivity contribution in [2.24, 2.45) is 0 Å². The van der Waals surface area contributed by atoms with Crippen LogP contribution in [0.3, 0.4) is 0 Å². The number of carbonyl (C=O) groups excluding carboxylic acids is 2. The number of aromatic nitrogens is 1. The number of aryl methyl sites for hydroxylation is 1. The summed E-state index contributed by atoms with van der Waals surface area (Å²) in [6.07, 6.45) is 1.50. The molecule has 0 radical (unpaired) electrons.